The van der Waals surface area contributed by atoms with Crippen LogP contribution in [0.3, 0.4) is 0 Å². The minimum atomic E-state index is -2.93. The number of aryl methyl sites for hydroxylation is 1. The summed E-state index contributed by atoms with van der Waals surface area (Å²) in [6, 6.07) is 0. The van der Waals surface area contributed by atoms with Crippen LogP contribution >= 0.6 is 0 Å². The van der Waals surface area contributed by atoms with Gasteiger partial charge in [0.25, 0.3) is 5.91 Å². The Hall–Kier alpha value is -1.70. The van der Waals surface area contributed by atoms with Gasteiger partial charge in [-0.15, -0.1) is 0 Å². The molecule has 3 rings (SSSR count). The van der Waals surface area contributed by atoms with Gasteiger partial charge in [0.15, 0.2) is 9.84 Å². The van der Waals surface area contributed by atoms with Crippen LogP contribution in [0.1, 0.15) is 21.9 Å². The highest BCUT2D eigenvalue weighted by molar-refractivity contribution is 7.91. The predicted molar refractivity (Wildman–Crippen MR) is 73.7 cm³/mol. The van der Waals surface area contributed by atoms with Crippen molar-refractivity contribution in [2.24, 2.45) is 0 Å². The van der Waals surface area contributed by atoms with Gasteiger partial charge in [0, 0.05) is 25.2 Å². The zero-order valence-electron chi connectivity index (χ0n) is 11.2. The van der Waals surface area contributed by atoms with Crippen LogP contribution in [0.5, 0.6) is 0 Å². The van der Waals surface area contributed by atoms with E-state index in [9.17, 15) is 13.2 Å². The first kappa shape index (κ1) is 13.3. The first-order chi connectivity index (χ1) is 9.46. The summed E-state index contributed by atoms with van der Waals surface area (Å²) in [4.78, 5) is 22.5. The second-order valence-electron chi connectivity index (χ2n) is 5.07. The van der Waals surface area contributed by atoms with Gasteiger partial charge >= 0.3 is 0 Å². The number of amides is 1. The number of carbonyl (C=O) groups excluding carboxylic acids is 1. The molecule has 0 bridgehead atoms. The van der Waals surface area contributed by atoms with Crippen molar-refractivity contribution < 1.29 is 13.2 Å². The van der Waals surface area contributed by atoms with Gasteiger partial charge in [0.05, 0.1) is 11.5 Å². The molecule has 0 radical (unpaired) electrons. The van der Waals surface area contributed by atoms with Crippen LogP contribution in [0.25, 0.3) is 0 Å². The molecule has 1 amide bonds. The molecule has 3 heterocycles. The van der Waals surface area contributed by atoms with Gasteiger partial charge in [0.2, 0.25) is 0 Å². The Balaban J connectivity index is 2.00. The summed E-state index contributed by atoms with van der Waals surface area (Å²) in [6.45, 7) is 3.16. The smallest absolute Gasteiger partial charge is 0.270 e. The predicted octanol–water partition coefficient (Wildman–Crippen LogP) is -0.694. The van der Waals surface area contributed by atoms with E-state index in [0.717, 1.165) is 11.4 Å². The number of fused-ring (bicyclic) bond motifs is 1. The standard InChI is InChI=1S/C12H16N4O3S/c1-8-14-10-9(2-3-13-12(10)17)11(15-8)16-4-6-20(18,19)7-5-16/h2-7H2,1H3,(H,13,17). The van der Waals surface area contributed by atoms with E-state index in [1.807, 2.05) is 4.90 Å². The molecule has 1 saturated heterocycles. The lowest BCUT2D eigenvalue weighted by atomic mass is 10.1. The van der Waals surface area contributed by atoms with Crippen LogP contribution in [-0.4, -0.2) is 55.4 Å². The average Bonchev–Trinajstić information content (AvgIpc) is 2.39. The first-order valence-electron chi connectivity index (χ1n) is 6.57. The maximum Gasteiger partial charge on any atom is 0.270 e. The Bertz CT molecular complexity index is 658. The minimum Gasteiger partial charge on any atom is -0.354 e. The molecule has 1 aromatic rings. The highest BCUT2D eigenvalue weighted by Gasteiger charge is 2.29. The Morgan fingerprint density at radius 1 is 1.20 bits per heavy atom. The molecule has 8 heteroatoms. The van der Waals surface area contributed by atoms with Crippen LogP contribution < -0.4 is 10.2 Å². The normalized spacial score (nSPS) is 21.2. The molecule has 0 aromatic carbocycles. The molecule has 2 aliphatic heterocycles. The second kappa shape index (κ2) is 4.69. The molecule has 108 valence electrons. The Morgan fingerprint density at radius 3 is 2.60 bits per heavy atom. The molecule has 20 heavy (non-hydrogen) atoms. The van der Waals surface area contributed by atoms with Gasteiger partial charge in [0.1, 0.15) is 17.3 Å². The van der Waals surface area contributed by atoms with Gasteiger partial charge in [-0.3, -0.25) is 4.79 Å². The molecular weight excluding hydrogens is 280 g/mol. The Labute approximate surface area is 117 Å². The molecule has 1 N–H and O–H groups in total. The van der Waals surface area contributed by atoms with Crippen molar-refractivity contribution in [1.29, 1.82) is 0 Å². The molecule has 0 atom stereocenters. The fraction of sp³-hybridized carbons (Fsp3) is 0.583. The molecule has 1 aromatic heterocycles. The summed E-state index contributed by atoms with van der Waals surface area (Å²) in [5.41, 5.74) is 1.26. The van der Waals surface area contributed by atoms with E-state index < -0.39 is 9.84 Å². The third-order valence-electron chi connectivity index (χ3n) is 3.62. The van der Waals surface area contributed by atoms with E-state index in [2.05, 4.69) is 15.3 Å². The maximum absolute atomic E-state index is 11.9. The lowest BCUT2D eigenvalue weighted by Gasteiger charge is -2.31. The van der Waals surface area contributed by atoms with Gasteiger partial charge in [-0.2, -0.15) is 0 Å². The van der Waals surface area contributed by atoms with Crippen molar-refractivity contribution in [3.63, 3.8) is 0 Å². The first-order valence-corrected chi connectivity index (χ1v) is 8.39. The fourth-order valence-electron chi connectivity index (χ4n) is 2.57. The SMILES string of the molecule is Cc1nc2c(c(N3CCS(=O)(=O)CC3)n1)CCNC2=O. The van der Waals surface area contributed by atoms with Crippen LogP contribution in [0.15, 0.2) is 0 Å². The number of sulfone groups is 1. The van der Waals surface area contributed by atoms with Crippen molar-refractivity contribution >= 4 is 21.6 Å². The van der Waals surface area contributed by atoms with Crippen molar-refractivity contribution in [2.75, 3.05) is 36.0 Å². The van der Waals surface area contributed by atoms with Gasteiger partial charge in [-0.25, -0.2) is 18.4 Å². The molecule has 2 aliphatic rings. The fourth-order valence-corrected chi connectivity index (χ4v) is 3.77. The van der Waals surface area contributed by atoms with Gasteiger partial charge < -0.3 is 10.2 Å². The third kappa shape index (κ3) is 2.35. The summed E-state index contributed by atoms with van der Waals surface area (Å²) >= 11 is 0. The zero-order chi connectivity index (χ0) is 14.3. The van der Waals surface area contributed by atoms with E-state index in [1.54, 1.807) is 6.92 Å². The Kier molecular flexibility index (Phi) is 3.12. The topological polar surface area (TPSA) is 92.3 Å². The minimum absolute atomic E-state index is 0.136. The van der Waals surface area contributed by atoms with E-state index in [-0.39, 0.29) is 17.4 Å². The van der Waals surface area contributed by atoms with Crippen LogP contribution in [-0.2, 0) is 16.3 Å². The lowest BCUT2D eigenvalue weighted by Crippen LogP contribution is -2.43. The average molecular weight is 296 g/mol. The second-order valence-corrected chi connectivity index (χ2v) is 7.37. The monoisotopic (exact) mass is 296 g/mol. The van der Waals surface area contributed by atoms with Crippen molar-refractivity contribution in [2.45, 2.75) is 13.3 Å². The van der Waals surface area contributed by atoms with Crippen LogP contribution in [0.4, 0.5) is 5.82 Å². The number of hydrogen-bond donors (Lipinski definition) is 1. The van der Waals surface area contributed by atoms with Gasteiger partial charge in [-0.1, -0.05) is 0 Å². The van der Waals surface area contributed by atoms with E-state index >= 15 is 0 Å². The van der Waals surface area contributed by atoms with E-state index in [1.165, 1.54) is 0 Å². The number of nitrogens with zero attached hydrogens (tertiary/aromatic N) is 3. The number of aromatic nitrogens is 2. The summed E-state index contributed by atoms with van der Waals surface area (Å²) in [7, 11) is -2.93. The molecule has 0 spiro atoms. The van der Waals surface area contributed by atoms with Crippen molar-refractivity contribution in [3.8, 4) is 0 Å². The summed E-state index contributed by atoms with van der Waals surface area (Å²) in [5.74, 6) is 1.35. The molecular formula is C12H16N4O3S. The quantitative estimate of drug-likeness (QED) is 0.737. The third-order valence-corrected chi connectivity index (χ3v) is 5.23. The largest absolute Gasteiger partial charge is 0.354 e. The van der Waals surface area contributed by atoms with Crippen LogP contribution in [0.2, 0.25) is 0 Å². The highest BCUT2D eigenvalue weighted by Crippen LogP contribution is 2.25. The van der Waals surface area contributed by atoms with Crippen molar-refractivity contribution in [1.82, 2.24) is 15.3 Å². The highest BCUT2D eigenvalue weighted by atomic mass is 32.2. The van der Waals surface area contributed by atoms with Crippen molar-refractivity contribution in [3.05, 3.63) is 17.1 Å². The maximum atomic E-state index is 11.9. The lowest BCUT2D eigenvalue weighted by molar-refractivity contribution is 0.0940. The molecule has 1 fully saturated rings. The van der Waals surface area contributed by atoms with E-state index in [4.69, 9.17) is 0 Å². The molecule has 0 aliphatic carbocycles. The van der Waals surface area contributed by atoms with E-state index in [0.29, 0.717) is 37.6 Å². The van der Waals surface area contributed by atoms with Gasteiger partial charge in [-0.05, 0) is 13.3 Å². The molecule has 0 unspecified atom stereocenters. The number of nitrogens with one attached hydrogen (secondary N) is 1. The van der Waals surface area contributed by atoms with Crippen LogP contribution in [0, 0.1) is 6.92 Å². The number of rotatable bonds is 1. The number of hydrogen-bond acceptors (Lipinski definition) is 6. The number of carbonyl (C=O) groups is 1. The molecule has 7 nitrogen and oxygen atoms in total. The summed E-state index contributed by atoms with van der Waals surface area (Å²) < 4.78 is 23.0. The summed E-state index contributed by atoms with van der Waals surface area (Å²) in [6.07, 6.45) is 0.680. The summed E-state index contributed by atoms with van der Waals surface area (Å²) in [5, 5.41) is 2.77. The molecule has 0 saturated carbocycles. The zero-order valence-corrected chi connectivity index (χ0v) is 12.0. The Morgan fingerprint density at radius 2 is 1.90 bits per heavy atom. The number of anilines is 1.